The Morgan fingerprint density at radius 3 is 2.57 bits per heavy atom. The van der Waals surface area contributed by atoms with Gasteiger partial charge in [-0.25, -0.2) is 4.39 Å². The molecule has 0 spiro atoms. The highest BCUT2D eigenvalue weighted by Crippen LogP contribution is 2.33. The number of hydrogen-bond donors (Lipinski definition) is 1. The topological polar surface area (TPSA) is 20.2 Å². The summed E-state index contributed by atoms with van der Waals surface area (Å²) in [5.41, 5.74) is 0.458. The third-order valence-electron chi connectivity index (χ3n) is 1.79. The zero-order valence-corrected chi connectivity index (χ0v) is 8.57. The molecular weight excluding hydrogens is 223 g/mol. The number of phenolic OH excluding ortho intramolecular Hbond substituents is 1. The van der Waals surface area contributed by atoms with Gasteiger partial charge in [-0.1, -0.05) is 11.6 Å². The molecule has 0 unspecified atom stereocenters. The molecule has 1 aromatic carbocycles. The van der Waals surface area contributed by atoms with Gasteiger partial charge in [0.05, 0.1) is 4.34 Å². The van der Waals surface area contributed by atoms with Gasteiger partial charge in [-0.05, 0) is 24.3 Å². The van der Waals surface area contributed by atoms with E-state index in [1.54, 1.807) is 12.1 Å². The van der Waals surface area contributed by atoms with Crippen LogP contribution in [0.2, 0.25) is 4.34 Å². The summed E-state index contributed by atoms with van der Waals surface area (Å²) in [6.07, 6.45) is 0. The maximum Gasteiger partial charge on any atom is 0.135 e. The Kier molecular flexibility index (Phi) is 2.44. The van der Waals surface area contributed by atoms with Gasteiger partial charge < -0.3 is 5.11 Å². The van der Waals surface area contributed by atoms with Gasteiger partial charge in [-0.3, -0.25) is 0 Å². The maximum atomic E-state index is 13.3. The van der Waals surface area contributed by atoms with Crippen LogP contribution in [0.25, 0.3) is 10.4 Å². The first-order chi connectivity index (χ1) is 6.66. The highest BCUT2D eigenvalue weighted by atomic mass is 35.5. The molecule has 1 nitrogen and oxygen atoms in total. The molecule has 2 rings (SSSR count). The van der Waals surface area contributed by atoms with Crippen LogP contribution in [-0.2, 0) is 0 Å². The summed E-state index contributed by atoms with van der Waals surface area (Å²) in [7, 11) is 0. The summed E-state index contributed by atoms with van der Waals surface area (Å²) < 4.78 is 14.0. The molecule has 0 aliphatic heterocycles. The van der Waals surface area contributed by atoms with Crippen LogP contribution in [-0.4, -0.2) is 5.11 Å². The molecule has 0 fully saturated rings. The quantitative estimate of drug-likeness (QED) is 0.785. The number of rotatable bonds is 1. The summed E-state index contributed by atoms with van der Waals surface area (Å²) in [6, 6.07) is 7.54. The lowest BCUT2D eigenvalue weighted by Crippen LogP contribution is -1.79. The van der Waals surface area contributed by atoms with Gasteiger partial charge in [0.1, 0.15) is 11.6 Å². The van der Waals surface area contributed by atoms with E-state index in [9.17, 15) is 4.39 Å². The lowest BCUT2D eigenvalue weighted by molar-refractivity contribution is 0.469. The van der Waals surface area contributed by atoms with Crippen molar-refractivity contribution >= 4 is 22.9 Å². The first kappa shape index (κ1) is 9.49. The van der Waals surface area contributed by atoms with E-state index in [0.29, 0.717) is 9.90 Å². The van der Waals surface area contributed by atoms with Crippen molar-refractivity contribution in [1.82, 2.24) is 0 Å². The van der Waals surface area contributed by atoms with Gasteiger partial charge in [0.15, 0.2) is 0 Å². The SMILES string of the molecule is Oc1ccc(-c2ccc(Cl)s2)c(F)c1. The van der Waals surface area contributed by atoms with E-state index in [1.165, 1.54) is 23.5 Å². The Labute approximate surface area is 89.4 Å². The number of thiophene rings is 1. The van der Waals surface area contributed by atoms with Crippen molar-refractivity contribution in [2.45, 2.75) is 0 Å². The fourth-order valence-corrected chi connectivity index (χ4v) is 2.23. The molecule has 0 saturated heterocycles. The highest BCUT2D eigenvalue weighted by molar-refractivity contribution is 7.19. The minimum Gasteiger partial charge on any atom is -0.508 e. The summed E-state index contributed by atoms with van der Waals surface area (Å²) in [6.45, 7) is 0. The van der Waals surface area contributed by atoms with Crippen molar-refractivity contribution in [2.24, 2.45) is 0 Å². The average molecular weight is 229 g/mol. The van der Waals surface area contributed by atoms with Crippen molar-refractivity contribution in [1.29, 1.82) is 0 Å². The lowest BCUT2D eigenvalue weighted by atomic mass is 10.2. The van der Waals surface area contributed by atoms with Crippen LogP contribution in [0, 0.1) is 5.82 Å². The van der Waals surface area contributed by atoms with Crippen LogP contribution < -0.4 is 0 Å². The monoisotopic (exact) mass is 228 g/mol. The van der Waals surface area contributed by atoms with Gasteiger partial charge in [-0.2, -0.15) is 0 Å². The third kappa shape index (κ3) is 1.74. The second kappa shape index (κ2) is 3.59. The molecule has 1 heterocycles. The first-order valence-electron chi connectivity index (χ1n) is 3.91. The molecule has 2 aromatic rings. The fraction of sp³-hybridized carbons (Fsp3) is 0. The van der Waals surface area contributed by atoms with Crippen LogP contribution in [0.3, 0.4) is 0 Å². The van der Waals surface area contributed by atoms with Gasteiger partial charge in [-0.15, -0.1) is 11.3 Å². The van der Waals surface area contributed by atoms with E-state index < -0.39 is 5.82 Å². The average Bonchev–Trinajstić information content (AvgIpc) is 2.51. The lowest BCUT2D eigenvalue weighted by Gasteiger charge is -1.99. The standard InChI is InChI=1S/C10H6ClFOS/c11-10-4-3-9(14-10)7-2-1-6(13)5-8(7)12/h1-5,13H. The van der Waals surface area contributed by atoms with Crippen molar-refractivity contribution in [2.75, 3.05) is 0 Å². The first-order valence-corrected chi connectivity index (χ1v) is 5.10. The molecule has 72 valence electrons. The summed E-state index contributed by atoms with van der Waals surface area (Å²) in [5.74, 6) is -0.516. The van der Waals surface area contributed by atoms with Crippen molar-refractivity contribution in [3.8, 4) is 16.2 Å². The highest BCUT2D eigenvalue weighted by Gasteiger charge is 2.07. The number of hydrogen-bond acceptors (Lipinski definition) is 2. The zero-order valence-electron chi connectivity index (χ0n) is 7.00. The Morgan fingerprint density at radius 2 is 2.00 bits per heavy atom. The van der Waals surface area contributed by atoms with Crippen molar-refractivity contribution in [3.63, 3.8) is 0 Å². The number of aromatic hydroxyl groups is 1. The van der Waals surface area contributed by atoms with Crippen LogP contribution in [0.5, 0.6) is 5.75 Å². The fourth-order valence-electron chi connectivity index (χ4n) is 1.16. The molecule has 0 atom stereocenters. The van der Waals surface area contributed by atoms with Crippen LogP contribution in [0.4, 0.5) is 4.39 Å². The summed E-state index contributed by atoms with van der Waals surface area (Å²) in [4.78, 5) is 0.757. The summed E-state index contributed by atoms with van der Waals surface area (Å²) >= 11 is 7.05. The molecular formula is C10H6ClFOS. The Hall–Kier alpha value is -1.06. The Balaban J connectivity index is 2.52. The van der Waals surface area contributed by atoms with Crippen molar-refractivity contribution < 1.29 is 9.50 Å². The molecule has 0 aliphatic rings. The normalized spacial score (nSPS) is 10.4. The predicted molar refractivity (Wildman–Crippen MR) is 56.4 cm³/mol. The van der Waals surface area contributed by atoms with Crippen LogP contribution in [0.15, 0.2) is 30.3 Å². The second-order valence-electron chi connectivity index (χ2n) is 2.77. The van der Waals surface area contributed by atoms with Gasteiger partial charge in [0, 0.05) is 16.5 Å². The van der Waals surface area contributed by atoms with E-state index in [4.69, 9.17) is 16.7 Å². The number of phenols is 1. The van der Waals surface area contributed by atoms with E-state index in [2.05, 4.69) is 0 Å². The molecule has 0 bridgehead atoms. The van der Waals surface area contributed by atoms with E-state index in [0.717, 1.165) is 10.9 Å². The molecule has 0 saturated carbocycles. The molecule has 0 amide bonds. The Bertz CT molecular complexity index is 467. The van der Waals surface area contributed by atoms with E-state index >= 15 is 0 Å². The zero-order chi connectivity index (χ0) is 10.1. The van der Waals surface area contributed by atoms with Gasteiger partial charge in [0.2, 0.25) is 0 Å². The molecule has 14 heavy (non-hydrogen) atoms. The third-order valence-corrected chi connectivity index (χ3v) is 3.06. The van der Waals surface area contributed by atoms with Gasteiger partial charge in [0.25, 0.3) is 0 Å². The molecule has 0 aliphatic carbocycles. The molecule has 1 N–H and O–H groups in total. The minimum absolute atomic E-state index is 0.0751. The summed E-state index contributed by atoms with van der Waals surface area (Å²) in [5, 5.41) is 9.03. The number of halogens is 2. The molecule has 0 radical (unpaired) electrons. The molecule has 1 aromatic heterocycles. The van der Waals surface area contributed by atoms with Gasteiger partial charge >= 0.3 is 0 Å². The maximum absolute atomic E-state index is 13.3. The van der Waals surface area contributed by atoms with Crippen molar-refractivity contribution in [3.05, 3.63) is 40.5 Å². The number of benzene rings is 1. The molecule has 4 heteroatoms. The minimum atomic E-state index is -0.441. The van der Waals surface area contributed by atoms with E-state index in [1.807, 2.05) is 0 Å². The predicted octanol–water partition coefficient (Wildman–Crippen LogP) is 3.91. The Morgan fingerprint density at radius 1 is 1.21 bits per heavy atom. The smallest absolute Gasteiger partial charge is 0.135 e. The van der Waals surface area contributed by atoms with Crippen LogP contribution in [0.1, 0.15) is 0 Å². The largest absolute Gasteiger partial charge is 0.508 e. The van der Waals surface area contributed by atoms with E-state index in [-0.39, 0.29) is 5.75 Å². The second-order valence-corrected chi connectivity index (χ2v) is 4.48. The van der Waals surface area contributed by atoms with Crippen LogP contribution >= 0.6 is 22.9 Å².